The van der Waals surface area contributed by atoms with Crippen LogP contribution in [0.5, 0.6) is 0 Å². The predicted molar refractivity (Wildman–Crippen MR) is 95.8 cm³/mol. The zero-order valence-electron chi connectivity index (χ0n) is 14.0. The Hall–Kier alpha value is -1.76. The van der Waals surface area contributed by atoms with Gasteiger partial charge in [0.1, 0.15) is 0 Å². The minimum absolute atomic E-state index is 0.544. The summed E-state index contributed by atoms with van der Waals surface area (Å²) in [6.07, 6.45) is 3.65. The first-order chi connectivity index (χ1) is 11.8. The molecule has 0 saturated carbocycles. The van der Waals surface area contributed by atoms with Crippen LogP contribution in [-0.4, -0.2) is 72.5 Å². The first kappa shape index (κ1) is 18.6. The monoisotopic (exact) mass is 351 g/mol. The fourth-order valence-corrected chi connectivity index (χ4v) is 3.14. The highest BCUT2D eigenvalue weighted by molar-refractivity contribution is 7.98. The van der Waals surface area contributed by atoms with Gasteiger partial charge in [-0.05, 0) is 6.92 Å². The molecule has 0 bridgehead atoms. The lowest BCUT2D eigenvalue weighted by molar-refractivity contribution is 0.0394. The van der Waals surface area contributed by atoms with Crippen LogP contribution in [0.15, 0.2) is 11.3 Å². The highest BCUT2D eigenvalue weighted by Gasteiger charge is 2.09. The second-order valence-electron chi connectivity index (χ2n) is 5.37. The lowest BCUT2D eigenvalue weighted by atomic mass is 10.4. The number of aryl methyl sites for hydroxylation is 1. The first-order valence-electron chi connectivity index (χ1n) is 8.09. The van der Waals surface area contributed by atoms with Gasteiger partial charge in [-0.1, -0.05) is 0 Å². The van der Waals surface area contributed by atoms with Crippen LogP contribution in [0.4, 0.5) is 0 Å². The number of rotatable bonds is 8. The number of morpholine rings is 1. The van der Waals surface area contributed by atoms with Crippen molar-refractivity contribution in [2.45, 2.75) is 12.7 Å². The Bertz CT molecular complexity index is 548. The van der Waals surface area contributed by atoms with E-state index in [9.17, 15) is 0 Å². The normalized spacial score (nSPS) is 15.9. The SMILES string of the molecule is Cc1[nH]cnc1CSCCNC(=NCCN1CCOCC1)NC#N. The van der Waals surface area contributed by atoms with E-state index in [1.807, 2.05) is 13.1 Å². The Morgan fingerprint density at radius 3 is 3.08 bits per heavy atom. The third kappa shape index (κ3) is 6.78. The number of H-pyrrole nitrogens is 1. The van der Waals surface area contributed by atoms with Crippen LogP contribution in [0.1, 0.15) is 11.4 Å². The third-order valence-corrected chi connectivity index (χ3v) is 4.65. The number of aliphatic imine (C=N–C) groups is 1. The first-order valence-corrected chi connectivity index (χ1v) is 9.25. The minimum atomic E-state index is 0.544. The third-order valence-electron chi connectivity index (χ3n) is 3.68. The maximum Gasteiger partial charge on any atom is 0.204 e. The number of nitriles is 1. The van der Waals surface area contributed by atoms with E-state index >= 15 is 0 Å². The highest BCUT2D eigenvalue weighted by atomic mass is 32.2. The van der Waals surface area contributed by atoms with Gasteiger partial charge in [-0.3, -0.25) is 15.2 Å². The zero-order chi connectivity index (χ0) is 17.0. The van der Waals surface area contributed by atoms with Gasteiger partial charge in [0.05, 0.1) is 31.8 Å². The molecule has 0 aliphatic carbocycles. The Labute approximate surface area is 147 Å². The van der Waals surface area contributed by atoms with Crippen LogP contribution >= 0.6 is 11.8 Å². The Morgan fingerprint density at radius 1 is 1.54 bits per heavy atom. The number of thioether (sulfide) groups is 1. The summed E-state index contributed by atoms with van der Waals surface area (Å²) in [5.74, 6) is 2.34. The number of hydrogen-bond acceptors (Lipinski definition) is 6. The highest BCUT2D eigenvalue weighted by Crippen LogP contribution is 2.11. The second kappa shape index (κ2) is 10.9. The molecule has 0 amide bonds. The molecule has 0 atom stereocenters. The maximum absolute atomic E-state index is 8.82. The van der Waals surface area contributed by atoms with E-state index < -0.39 is 0 Å². The molecule has 1 aliphatic heterocycles. The molecular formula is C15H25N7OS. The van der Waals surface area contributed by atoms with Crippen molar-refractivity contribution in [3.63, 3.8) is 0 Å². The quantitative estimate of drug-likeness (QED) is 0.204. The van der Waals surface area contributed by atoms with Crippen molar-refractivity contribution in [2.75, 3.05) is 51.7 Å². The second-order valence-corrected chi connectivity index (χ2v) is 6.48. The molecule has 132 valence electrons. The average molecular weight is 351 g/mol. The summed E-state index contributed by atoms with van der Waals surface area (Å²) in [6, 6.07) is 0. The van der Waals surface area contributed by atoms with Crippen molar-refractivity contribution in [3.05, 3.63) is 17.7 Å². The van der Waals surface area contributed by atoms with Crippen molar-refractivity contribution in [2.24, 2.45) is 4.99 Å². The maximum atomic E-state index is 8.82. The molecule has 8 nitrogen and oxygen atoms in total. The van der Waals surface area contributed by atoms with Gasteiger partial charge in [0.15, 0.2) is 6.19 Å². The zero-order valence-corrected chi connectivity index (χ0v) is 14.9. The van der Waals surface area contributed by atoms with Crippen LogP contribution in [-0.2, 0) is 10.5 Å². The molecule has 1 fully saturated rings. The molecule has 1 saturated heterocycles. The Kier molecular flexibility index (Phi) is 8.45. The van der Waals surface area contributed by atoms with Crippen molar-refractivity contribution in [3.8, 4) is 6.19 Å². The van der Waals surface area contributed by atoms with Crippen LogP contribution in [0, 0.1) is 18.4 Å². The molecule has 1 aliphatic rings. The van der Waals surface area contributed by atoms with E-state index in [2.05, 4.69) is 30.5 Å². The lowest BCUT2D eigenvalue weighted by Crippen LogP contribution is -2.39. The van der Waals surface area contributed by atoms with Gasteiger partial charge in [-0.2, -0.15) is 17.0 Å². The molecule has 0 unspecified atom stereocenters. The Morgan fingerprint density at radius 2 is 2.38 bits per heavy atom. The molecule has 1 aromatic rings. The molecule has 2 rings (SSSR count). The van der Waals surface area contributed by atoms with E-state index in [1.165, 1.54) is 0 Å². The number of nitrogens with one attached hydrogen (secondary N) is 3. The molecule has 1 aromatic heterocycles. The number of nitrogens with zero attached hydrogens (tertiary/aromatic N) is 4. The number of aromatic nitrogens is 2. The van der Waals surface area contributed by atoms with Crippen molar-refractivity contribution in [1.29, 1.82) is 5.26 Å². The van der Waals surface area contributed by atoms with Gasteiger partial charge in [0, 0.05) is 43.4 Å². The summed E-state index contributed by atoms with van der Waals surface area (Å²) >= 11 is 1.80. The van der Waals surface area contributed by atoms with Crippen LogP contribution < -0.4 is 10.6 Å². The van der Waals surface area contributed by atoms with Crippen LogP contribution in [0.25, 0.3) is 0 Å². The van der Waals surface area contributed by atoms with Gasteiger partial charge in [0.2, 0.25) is 5.96 Å². The van der Waals surface area contributed by atoms with Gasteiger partial charge < -0.3 is 15.0 Å². The summed E-state index contributed by atoms with van der Waals surface area (Å²) in [6.45, 7) is 7.80. The topological polar surface area (TPSA) is 101 Å². The van der Waals surface area contributed by atoms with Gasteiger partial charge in [-0.25, -0.2) is 4.98 Å². The number of imidazole rings is 1. The summed E-state index contributed by atoms with van der Waals surface area (Å²) in [5.41, 5.74) is 2.21. The molecule has 3 N–H and O–H groups in total. The number of guanidine groups is 1. The van der Waals surface area contributed by atoms with Gasteiger partial charge in [-0.15, -0.1) is 0 Å². The standard InChI is InChI=1S/C15H25N7OS/c1-13-14(21-12-20-13)10-24-9-3-18-15(19-11-16)17-2-4-22-5-7-23-8-6-22/h12H,2-10H2,1H3,(H,20,21)(H2,17,18,19). The molecule has 2 heterocycles. The molecule has 0 radical (unpaired) electrons. The summed E-state index contributed by atoms with van der Waals surface area (Å²) in [4.78, 5) is 14.1. The van der Waals surface area contributed by atoms with Crippen LogP contribution in [0.2, 0.25) is 0 Å². The largest absolute Gasteiger partial charge is 0.379 e. The van der Waals surface area contributed by atoms with Crippen molar-refractivity contribution >= 4 is 17.7 Å². The summed E-state index contributed by atoms with van der Waals surface area (Å²) in [5, 5.41) is 14.6. The fourth-order valence-electron chi connectivity index (χ4n) is 2.26. The Balaban J connectivity index is 1.62. The van der Waals surface area contributed by atoms with Crippen LogP contribution in [0.3, 0.4) is 0 Å². The van der Waals surface area contributed by atoms with E-state index in [4.69, 9.17) is 10.00 Å². The number of hydrogen-bond donors (Lipinski definition) is 3. The van der Waals surface area contributed by atoms with Crippen molar-refractivity contribution in [1.82, 2.24) is 25.5 Å². The summed E-state index contributed by atoms with van der Waals surface area (Å²) in [7, 11) is 0. The van der Waals surface area contributed by atoms with Gasteiger partial charge >= 0.3 is 0 Å². The van der Waals surface area contributed by atoms with E-state index in [1.54, 1.807) is 18.1 Å². The summed E-state index contributed by atoms with van der Waals surface area (Å²) < 4.78 is 5.32. The minimum Gasteiger partial charge on any atom is -0.379 e. The molecule has 24 heavy (non-hydrogen) atoms. The predicted octanol–water partition coefficient (Wildman–Crippen LogP) is 0.300. The molecular weight excluding hydrogens is 326 g/mol. The van der Waals surface area contributed by atoms with E-state index in [0.717, 1.165) is 62.3 Å². The lowest BCUT2D eigenvalue weighted by Gasteiger charge is -2.25. The molecule has 0 spiro atoms. The number of ether oxygens (including phenoxy) is 1. The molecule has 9 heteroatoms. The average Bonchev–Trinajstić information content (AvgIpc) is 3.00. The number of aromatic amines is 1. The van der Waals surface area contributed by atoms with E-state index in [-0.39, 0.29) is 0 Å². The smallest absolute Gasteiger partial charge is 0.204 e. The van der Waals surface area contributed by atoms with Crippen molar-refractivity contribution < 1.29 is 4.74 Å². The fraction of sp³-hybridized carbons (Fsp3) is 0.667. The molecule has 0 aromatic carbocycles. The van der Waals surface area contributed by atoms with E-state index in [0.29, 0.717) is 12.5 Å². The van der Waals surface area contributed by atoms with Gasteiger partial charge in [0.25, 0.3) is 0 Å².